The zero-order valence-electron chi connectivity index (χ0n) is 5.53. The third-order valence-electron chi connectivity index (χ3n) is 1.15. The lowest BCUT2D eigenvalue weighted by molar-refractivity contribution is -0.118. The standard InChI is InChI=1S/C6H9N3O.H2/c7-6(10)2-5-9-4-1-3-8-9;/h1,3-4H,2,5H2,(H2,7,10);1H. The minimum absolute atomic E-state index is 0. The molecule has 10 heavy (non-hydrogen) atoms. The number of carbonyl (C=O) groups excluding carboxylic acids is 1. The number of aryl methyl sites for hydroxylation is 1. The minimum atomic E-state index is -0.296. The predicted octanol–water partition coefficient (Wildman–Crippen LogP) is 0.00450. The van der Waals surface area contributed by atoms with Gasteiger partial charge in [-0.25, -0.2) is 0 Å². The van der Waals surface area contributed by atoms with E-state index in [1.807, 2.05) is 0 Å². The van der Waals surface area contributed by atoms with Gasteiger partial charge in [0.25, 0.3) is 0 Å². The van der Waals surface area contributed by atoms with Gasteiger partial charge in [-0.15, -0.1) is 0 Å². The summed E-state index contributed by atoms with van der Waals surface area (Å²) in [6.07, 6.45) is 3.81. The smallest absolute Gasteiger partial charge is 0.219 e. The maximum atomic E-state index is 10.3. The highest BCUT2D eigenvalue weighted by Crippen LogP contribution is 1.86. The van der Waals surface area contributed by atoms with E-state index in [1.165, 1.54) is 0 Å². The van der Waals surface area contributed by atoms with Crippen molar-refractivity contribution in [1.29, 1.82) is 0 Å². The van der Waals surface area contributed by atoms with E-state index in [0.717, 1.165) is 0 Å². The Balaban J connectivity index is 0.000001000. The number of nitrogens with zero attached hydrogens (tertiary/aromatic N) is 2. The molecule has 0 aliphatic carbocycles. The first-order chi connectivity index (χ1) is 4.79. The van der Waals surface area contributed by atoms with Crippen LogP contribution in [-0.2, 0) is 11.3 Å². The molecular formula is C6H11N3O. The molecule has 1 heterocycles. The highest BCUT2D eigenvalue weighted by Gasteiger charge is 1.93. The molecule has 0 unspecified atom stereocenters. The van der Waals surface area contributed by atoms with E-state index >= 15 is 0 Å². The number of carbonyl (C=O) groups is 1. The summed E-state index contributed by atoms with van der Waals surface area (Å²) in [6.45, 7) is 0.572. The van der Waals surface area contributed by atoms with Gasteiger partial charge in [-0.1, -0.05) is 0 Å². The molecule has 0 saturated heterocycles. The van der Waals surface area contributed by atoms with Crippen molar-refractivity contribution in [2.75, 3.05) is 0 Å². The van der Waals surface area contributed by atoms with Crippen LogP contribution in [0, 0.1) is 0 Å². The molecule has 1 rings (SSSR count). The van der Waals surface area contributed by atoms with Crippen molar-refractivity contribution in [3.63, 3.8) is 0 Å². The van der Waals surface area contributed by atoms with Crippen molar-refractivity contribution in [2.45, 2.75) is 13.0 Å². The van der Waals surface area contributed by atoms with Crippen LogP contribution in [0.3, 0.4) is 0 Å². The molecule has 56 valence electrons. The van der Waals surface area contributed by atoms with Gasteiger partial charge in [0, 0.05) is 26.8 Å². The quantitative estimate of drug-likeness (QED) is 0.644. The van der Waals surface area contributed by atoms with Gasteiger partial charge in [-0.05, 0) is 6.07 Å². The fraction of sp³-hybridized carbons (Fsp3) is 0.333. The molecule has 1 aromatic rings. The fourth-order valence-corrected chi connectivity index (χ4v) is 0.657. The van der Waals surface area contributed by atoms with Crippen LogP contribution in [0.5, 0.6) is 0 Å². The lowest BCUT2D eigenvalue weighted by Crippen LogP contribution is -2.13. The third kappa shape index (κ3) is 1.89. The molecule has 0 bridgehead atoms. The molecule has 4 heteroatoms. The number of rotatable bonds is 3. The van der Waals surface area contributed by atoms with Crippen LogP contribution in [-0.4, -0.2) is 15.7 Å². The Hall–Kier alpha value is -1.32. The Bertz CT molecular complexity index is 210. The van der Waals surface area contributed by atoms with Crippen LogP contribution in [0.4, 0.5) is 0 Å². The van der Waals surface area contributed by atoms with E-state index in [1.54, 1.807) is 23.1 Å². The molecule has 0 aliphatic heterocycles. The molecule has 2 N–H and O–H groups in total. The first-order valence-electron chi connectivity index (χ1n) is 3.05. The number of aromatic nitrogens is 2. The Morgan fingerprint density at radius 1 is 1.80 bits per heavy atom. The molecule has 0 spiro atoms. The van der Waals surface area contributed by atoms with Crippen molar-refractivity contribution >= 4 is 5.91 Å². The number of hydrogen-bond acceptors (Lipinski definition) is 2. The first kappa shape index (κ1) is 6.80. The topological polar surface area (TPSA) is 60.9 Å². The summed E-state index contributed by atoms with van der Waals surface area (Å²) in [5.74, 6) is -0.296. The van der Waals surface area contributed by atoms with E-state index in [0.29, 0.717) is 13.0 Å². The van der Waals surface area contributed by atoms with E-state index in [-0.39, 0.29) is 7.33 Å². The monoisotopic (exact) mass is 141 g/mol. The summed E-state index contributed by atoms with van der Waals surface area (Å²) in [5, 5.41) is 3.90. The molecule has 1 aromatic heterocycles. The molecule has 0 radical (unpaired) electrons. The normalized spacial score (nSPS) is 9.60. The molecule has 0 fully saturated rings. The molecule has 0 aliphatic rings. The second-order valence-electron chi connectivity index (χ2n) is 1.99. The molecular weight excluding hydrogens is 130 g/mol. The van der Waals surface area contributed by atoms with Crippen LogP contribution in [0.1, 0.15) is 7.85 Å². The summed E-state index contributed by atoms with van der Waals surface area (Å²) in [6, 6.07) is 1.81. The predicted molar refractivity (Wildman–Crippen MR) is 38.2 cm³/mol. The molecule has 4 nitrogen and oxygen atoms in total. The average Bonchev–Trinajstić information content (AvgIpc) is 2.34. The Kier molecular flexibility index (Phi) is 2.04. The lowest BCUT2D eigenvalue weighted by Gasteiger charge is -1.95. The van der Waals surface area contributed by atoms with Gasteiger partial charge in [0.05, 0.1) is 0 Å². The molecule has 0 aromatic carbocycles. The zero-order chi connectivity index (χ0) is 7.40. The van der Waals surface area contributed by atoms with E-state index in [2.05, 4.69) is 5.10 Å². The van der Waals surface area contributed by atoms with Gasteiger partial charge in [0.2, 0.25) is 5.91 Å². The van der Waals surface area contributed by atoms with Crippen molar-refractivity contribution in [3.8, 4) is 0 Å². The van der Waals surface area contributed by atoms with Crippen LogP contribution in [0.15, 0.2) is 18.5 Å². The number of nitrogens with two attached hydrogens (primary N) is 1. The van der Waals surface area contributed by atoms with Crippen LogP contribution >= 0.6 is 0 Å². The average molecular weight is 141 g/mol. The van der Waals surface area contributed by atoms with Gasteiger partial charge < -0.3 is 5.73 Å². The molecule has 0 atom stereocenters. The van der Waals surface area contributed by atoms with Gasteiger partial charge >= 0.3 is 0 Å². The van der Waals surface area contributed by atoms with Gasteiger partial charge in [0.15, 0.2) is 0 Å². The van der Waals surface area contributed by atoms with Crippen LogP contribution in [0.2, 0.25) is 0 Å². The lowest BCUT2D eigenvalue weighted by atomic mass is 10.4. The van der Waals surface area contributed by atoms with Gasteiger partial charge in [-0.3, -0.25) is 9.48 Å². The second-order valence-corrected chi connectivity index (χ2v) is 1.99. The zero-order valence-corrected chi connectivity index (χ0v) is 5.53. The largest absolute Gasteiger partial charge is 0.370 e. The van der Waals surface area contributed by atoms with Crippen molar-refractivity contribution < 1.29 is 6.22 Å². The summed E-state index contributed by atoms with van der Waals surface area (Å²) in [7, 11) is 0. The molecule has 0 saturated carbocycles. The third-order valence-corrected chi connectivity index (χ3v) is 1.15. The number of primary amides is 1. The summed E-state index contributed by atoms with van der Waals surface area (Å²) < 4.78 is 1.67. The van der Waals surface area contributed by atoms with E-state index < -0.39 is 0 Å². The van der Waals surface area contributed by atoms with Crippen LogP contribution < -0.4 is 5.73 Å². The number of amides is 1. The maximum Gasteiger partial charge on any atom is 0.219 e. The Morgan fingerprint density at radius 2 is 2.60 bits per heavy atom. The van der Waals surface area contributed by atoms with Crippen molar-refractivity contribution in [2.24, 2.45) is 5.73 Å². The highest BCUT2D eigenvalue weighted by molar-refractivity contribution is 5.73. The van der Waals surface area contributed by atoms with Crippen LogP contribution in [0.25, 0.3) is 0 Å². The van der Waals surface area contributed by atoms with E-state index in [9.17, 15) is 4.79 Å². The number of hydrogen-bond donors (Lipinski definition) is 1. The Morgan fingerprint density at radius 3 is 3.10 bits per heavy atom. The summed E-state index contributed by atoms with van der Waals surface area (Å²) in [4.78, 5) is 10.3. The van der Waals surface area contributed by atoms with Crippen molar-refractivity contribution in [3.05, 3.63) is 18.5 Å². The minimum Gasteiger partial charge on any atom is -0.370 e. The van der Waals surface area contributed by atoms with E-state index in [4.69, 9.17) is 5.73 Å². The summed E-state index contributed by atoms with van der Waals surface area (Å²) in [5.41, 5.74) is 4.93. The molecule has 1 amide bonds. The highest BCUT2D eigenvalue weighted by atomic mass is 16.1. The maximum absolute atomic E-state index is 10.3. The van der Waals surface area contributed by atoms with Gasteiger partial charge in [0.1, 0.15) is 0 Å². The van der Waals surface area contributed by atoms with Gasteiger partial charge in [-0.2, -0.15) is 5.10 Å². The fourth-order valence-electron chi connectivity index (χ4n) is 0.657. The summed E-state index contributed by atoms with van der Waals surface area (Å²) >= 11 is 0. The Labute approximate surface area is 60.1 Å². The first-order valence-corrected chi connectivity index (χ1v) is 3.05. The SMILES string of the molecule is NC(=O)CCn1cccn1.[HH]. The van der Waals surface area contributed by atoms with Crippen molar-refractivity contribution in [1.82, 2.24) is 9.78 Å². The second kappa shape index (κ2) is 3.00.